The van der Waals surface area contributed by atoms with E-state index in [1.807, 2.05) is 19.9 Å². The van der Waals surface area contributed by atoms with Crippen molar-refractivity contribution >= 4 is 11.8 Å². The number of carboxylic acid groups (broad SMARTS) is 1. The van der Waals surface area contributed by atoms with E-state index in [-0.39, 0.29) is 11.7 Å². The zero-order chi connectivity index (χ0) is 14.2. The predicted octanol–water partition coefficient (Wildman–Crippen LogP) is 3.12. The van der Waals surface area contributed by atoms with Crippen molar-refractivity contribution in [1.29, 1.82) is 0 Å². The van der Waals surface area contributed by atoms with Crippen LogP contribution in [0.25, 0.3) is 0 Å². The second kappa shape index (κ2) is 5.19. The lowest BCUT2D eigenvalue weighted by Gasteiger charge is -2.29. The van der Waals surface area contributed by atoms with Gasteiger partial charge >= 0.3 is 5.97 Å². The van der Waals surface area contributed by atoms with Crippen LogP contribution in [0.2, 0.25) is 0 Å². The van der Waals surface area contributed by atoms with E-state index in [0.29, 0.717) is 6.04 Å². The molecule has 1 fully saturated rings. The molecule has 1 aromatic heterocycles. The largest absolute Gasteiger partial charge is 0.481 e. The summed E-state index contributed by atoms with van der Waals surface area (Å²) in [6, 6.07) is 2.28. The van der Waals surface area contributed by atoms with Crippen LogP contribution in [0.4, 0.5) is 0 Å². The Bertz CT molecular complexity index is 508. The van der Waals surface area contributed by atoms with Gasteiger partial charge in [-0.05, 0) is 52.5 Å². The number of hydrogen-bond donors (Lipinski definition) is 1. The van der Waals surface area contributed by atoms with Crippen LogP contribution in [0.5, 0.6) is 0 Å². The fraction of sp³-hybridized carbons (Fsp3) is 0.600. The van der Waals surface area contributed by atoms with Gasteiger partial charge in [-0.1, -0.05) is 0 Å². The molecule has 1 heterocycles. The van der Waals surface area contributed by atoms with Gasteiger partial charge in [0.05, 0.1) is 5.92 Å². The third kappa shape index (κ3) is 2.57. The van der Waals surface area contributed by atoms with Gasteiger partial charge in [-0.3, -0.25) is 9.59 Å². The summed E-state index contributed by atoms with van der Waals surface area (Å²) in [6.45, 7) is 5.59. The summed E-state index contributed by atoms with van der Waals surface area (Å²) in [5.41, 5.74) is 2.91. The molecule has 4 nitrogen and oxygen atoms in total. The van der Waals surface area contributed by atoms with E-state index in [0.717, 1.165) is 42.6 Å². The third-order valence-electron chi connectivity index (χ3n) is 4.27. The lowest BCUT2D eigenvalue weighted by Crippen LogP contribution is -2.24. The van der Waals surface area contributed by atoms with Crippen LogP contribution in [-0.4, -0.2) is 21.4 Å². The van der Waals surface area contributed by atoms with Crippen molar-refractivity contribution in [3.8, 4) is 0 Å². The number of nitrogens with zero attached hydrogens (tertiary/aromatic N) is 1. The van der Waals surface area contributed by atoms with Gasteiger partial charge in [0.2, 0.25) is 0 Å². The number of carbonyl (C=O) groups is 2. The van der Waals surface area contributed by atoms with Gasteiger partial charge in [0.15, 0.2) is 5.78 Å². The Kier molecular flexibility index (Phi) is 3.78. The first-order valence-electron chi connectivity index (χ1n) is 6.84. The molecule has 0 radical (unpaired) electrons. The van der Waals surface area contributed by atoms with Gasteiger partial charge < -0.3 is 9.67 Å². The lowest BCUT2D eigenvalue weighted by molar-refractivity contribution is -0.143. The van der Waals surface area contributed by atoms with Crippen LogP contribution in [0.1, 0.15) is 60.4 Å². The van der Waals surface area contributed by atoms with E-state index >= 15 is 0 Å². The molecule has 1 saturated carbocycles. The number of carboxylic acids is 1. The van der Waals surface area contributed by atoms with E-state index in [1.54, 1.807) is 6.92 Å². The number of aryl methyl sites for hydroxylation is 1. The van der Waals surface area contributed by atoms with E-state index in [4.69, 9.17) is 5.11 Å². The lowest BCUT2D eigenvalue weighted by atomic mass is 9.86. The van der Waals surface area contributed by atoms with Crippen molar-refractivity contribution < 1.29 is 14.7 Å². The average Bonchev–Trinajstić information content (AvgIpc) is 2.65. The molecule has 0 bridgehead atoms. The molecule has 0 aromatic carbocycles. The highest BCUT2D eigenvalue weighted by Gasteiger charge is 2.28. The van der Waals surface area contributed by atoms with Gasteiger partial charge in [-0.2, -0.15) is 0 Å². The van der Waals surface area contributed by atoms with Crippen molar-refractivity contribution in [1.82, 2.24) is 4.57 Å². The Morgan fingerprint density at radius 1 is 1.21 bits per heavy atom. The number of ketones is 1. The zero-order valence-corrected chi connectivity index (χ0v) is 11.8. The van der Waals surface area contributed by atoms with Gasteiger partial charge in [0, 0.05) is 23.0 Å². The van der Waals surface area contributed by atoms with Crippen molar-refractivity contribution in [2.45, 2.75) is 52.5 Å². The SMILES string of the molecule is CC(=O)c1cc(C)n(C2CCC(C(=O)O)CC2)c1C. The monoisotopic (exact) mass is 263 g/mol. The number of Topliss-reactive ketones (excluding diaryl/α,β-unsaturated/α-hetero) is 1. The zero-order valence-electron chi connectivity index (χ0n) is 11.8. The summed E-state index contributed by atoms with van der Waals surface area (Å²) in [7, 11) is 0. The van der Waals surface area contributed by atoms with Crippen LogP contribution in [0.3, 0.4) is 0 Å². The Morgan fingerprint density at radius 2 is 1.79 bits per heavy atom. The van der Waals surface area contributed by atoms with Crippen molar-refractivity contribution in [3.63, 3.8) is 0 Å². The molecule has 1 aliphatic rings. The first-order chi connectivity index (χ1) is 8.91. The minimum Gasteiger partial charge on any atom is -0.481 e. The maximum Gasteiger partial charge on any atom is 0.306 e. The molecular weight excluding hydrogens is 242 g/mol. The molecule has 1 aliphatic carbocycles. The molecule has 0 aliphatic heterocycles. The van der Waals surface area contributed by atoms with Crippen molar-refractivity contribution in [2.24, 2.45) is 5.92 Å². The first kappa shape index (κ1) is 13.8. The highest BCUT2D eigenvalue weighted by molar-refractivity contribution is 5.95. The summed E-state index contributed by atoms with van der Waals surface area (Å²) < 4.78 is 2.22. The van der Waals surface area contributed by atoms with Crippen LogP contribution in [0, 0.1) is 19.8 Å². The number of rotatable bonds is 3. The molecule has 4 heteroatoms. The normalized spacial score (nSPS) is 23.3. The molecule has 2 rings (SSSR count). The summed E-state index contributed by atoms with van der Waals surface area (Å²) >= 11 is 0. The first-order valence-corrected chi connectivity index (χ1v) is 6.84. The number of aliphatic carboxylic acids is 1. The van der Waals surface area contributed by atoms with Gasteiger partial charge in [0.25, 0.3) is 0 Å². The third-order valence-corrected chi connectivity index (χ3v) is 4.27. The number of aromatic nitrogens is 1. The second-order valence-electron chi connectivity index (χ2n) is 5.55. The Labute approximate surface area is 113 Å². The number of hydrogen-bond acceptors (Lipinski definition) is 2. The van der Waals surface area contributed by atoms with E-state index in [9.17, 15) is 9.59 Å². The molecule has 104 valence electrons. The topological polar surface area (TPSA) is 59.3 Å². The fourth-order valence-corrected chi connectivity index (χ4v) is 3.28. The Balaban J connectivity index is 2.20. The molecule has 0 atom stereocenters. The Hall–Kier alpha value is -1.58. The molecule has 0 unspecified atom stereocenters. The van der Waals surface area contributed by atoms with E-state index in [2.05, 4.69) is 4.57 Å². The fourth-order valence-electron chi connectivity index (χ4n) is 3.28. The average molecular weight is 263 g/mol. The molecule has 0 spiro atoms. The highest BCUT2D eigenvalue weighted by atomic mass is 16.4. The summed E-state index contributed by atoms with van der Waals surface area (Å²) in [6.07, 6.45) is 3.22. The van der Waals surface area contributed by atoms with Crippen molar-refractivity contribution in [2.75, 3.05) is 0 Å². The van der Waals surface area contributed by atoms with Crippen molar-refractivity contribution in [3.05, 3.63) is 23.0 Å². The molecule has 0 amide bonds. The maximum absolute atomic E-state index is 11.6. The minimum absolute atomic E-state index is 0.0959. The molecule has 1 N–H and O–H groups in total. The minimum atomic E-state index is -0.677. The van der Waals surface area contributed by atoms with Crippen LogP contribution in [-0.2, 0) is 4.79 Å². The maximum atomic E-state index is 11.6. The van der Waals surface area contributed by atoms with Gasteiger partial charge in [0.1, 0.15) is 0 Å². The van der Waals surface area contributed by atoms with E-state index < -0.39 is 5.97 Å². The molecular formula is C15H21NO3. The van der Waals surface area contributed by atoms with Crippen LogP contribution in [0.15, 0.2) is 6.07 Å². The highest BCUT2D eigenvalue weighted by Crippen LogP contribution is 2.35. The Morgan fingerprint density at radius 3 is 2.21 bits per heavy atom. The van der Waals surface area contributed by atoms with E-state index in [1.165, 1.54) is 0 Å². The molecule has 1 aromatic rings. The summed E-state index contributed by atoms with van der Waals surface area (Å²) in [4.78, 5) is 22.5. The standard InChI is InChI=1S/C15H21NO3/c1-9-8-14(11(3)17)10(2)16(9)13-6-4-12(5-7-13)15(18)19/h8,12-13H,4-7H2,1-3H3,(H,18,19). The molecule has 0 saturated heterocycles. The van der Waals surface area contributed by atoms with Gasteiger partial charge in [-0.15, -0.1) is 0 Å². The predicted molar refractivity (Wildman–Crippen MR) is 72.5 cm³/mol. The van der Waals surface area contributed by atoms with Gasteiger partial charge in [-0.25, -0.2) is 0 Å². The van der Waals surface area contributed by atoms with Crippen LogP contribution < -0.4 is 0 Å². The molecule has 19 heavy (non-hydrogen) atoms. The summed E-state index contributed by atoms with van der Waals surface area (Å²) in [5.74, 6) is -0.776. The number of carbonyl (C=O) groups excluding carboxylic acids is 1. The van der Waals surface area contributed by atoms with Crippen LogP contribution >= 0.6 is 0 Å². The summed E-state index contributed by atoms with van der Waals surface area (Å²) in [5, 5.41) is 9.03. The smallest absolute Gasteiger partial charge is 0.306 e. The second-order valence-corrected chi connectivity index (χ2v) is 5.55. The quantitative estimate of drug-likeness (QED) is 0.852.